The molecule has 0 saturated heterocycles. The van der Waals surface area contributed by atoms with Crippen LogP contribution in [0.2, 0.25) is 0 Å². The molecule has 0 amide bonds. The summed E-state index contributed by atoms with van der Waals surface area (Å²) < 4.78 is 73.6. The maximum absolute atomic E-state index is 8.57. The van der Waals surface area contributed by atoms with Crippen molar-refractivity contribution in [3.8, 4) is 22.3 Å². The first kappa shape index (κ1) is 5.64. The van der Waals surface area contributed by atoms with E-state index in [2.05, 4.69) is 15.9 Å². The highest BCUT2D eigenvalue weighted by Crippen LogP contribution is 2.27. The standard InChI is InChI=1S/C18H13Br/c19-18-11-9-15(10-12-18)17-8-4-7-16(13-17)14-5-2-1-3-6-14/h1-13H/i1D,2D,3D,4D,5D,6D,7D,8D,13D. The lowest BCUT2D eigenvalue weighted by Crippen LogP contribution is -1.81. The Hall–Kier alpha value is -1.86. The number of hydrogen-bond acceptors (Lipinski definition) is 0. The Kier molecular flexibility index (Phi) is 1.61. The molecule has 0 N–H and O–H groups in total. The Labute approximate surface area is 134 Å². The van der Waals surface area contributed by atoms with Crippen molar-refractivity contribution in [2.24, 2.45) is 0 Å². The molecule has 19 heavy (non-hydrogen) atoms. The quantitative estimate of drug-likeness (QED) is 0.561. The van der Waals surface area contributed by atoms with Gasteiger partial charge in [0.25, 0.3) is 0 Å². The van der Waals surface area contributed by atoms with E-state index in [0.29, 0.717) is 5.56 Å². The van der Waals surface area contributed by atoms with Gasteiger partial charge in [0, 0.05) is 4.47 Å². The van der Waals surface area contributed by atoms with Crippen molar-refractivity contribution in [2.45, 2.75) is 0 Å². The van der Waals surface area contributed by atoms with Gasteiger partial charge in [-0.3, -0.25) is 0 Å². The predicted octanol–water partition coefficient (Wildman–Crippen LogP) is 5.78. The van der Waals surface area contributed by atoms with Crippen molar-refractivity contribution in [3.63, 3.8) is 0 Å². The van der Waals surface area contributed by atoms with Gasteiger partial charge in [-0.1, -0.05) is 76.4 Å². The van der Waals surface area contributed by atoms with Crippen LogP contribution in [0.5, 0.6) is 0 Å². The molecule has 0 fully saturated rings. The fourth-order valence-corrected chi connectivity index (χ4v) is 1.87. The molecular weight excluding hydrogens is 296 g/mol. The van der Waals surface area contributed by atoms with Gasteiger partial charge in [0.05, 0.1) is 12.3 Å². The van der Waals surface area contributed by atoms with Crippen molar-refractivity contribution >= 4 is 15.9 Å². The van der Waals surface area contributed by atoms with Crippen LogP contribution in [0.4, 0.5) is 0 Å². The highest BCUT2D eigenvalue weighted by molar-refractivity contribution is 9.10. The average molecular weight is 318 g/mol. The predicted molar refractivity (Wildman–Crippen MR) is 85.0 cm³/mol. The van der Waals surface area contributed by atoms with E-state index in [1.165, 1.54) is 0 Å². The highest BCUT2D eigenvalue weighted by Gasteiger charge is 2.01. The molecule has 3 aromatic carbocycles. The molecule has 0 heterocycles. The van der Waals surface area contributed by atoms with Crippen LogP contribution in [-0.4, -0.2) is 0 Å². The summed E-state index contributed by atoms with van der Waals surface area (Å²) in [6.07, 6.45) is 0. The zero-order valence-corrected chi connectivity index (χ0v) is 11.3. The normalized spacial score (nSPS) is 17.0. The summed E-state index contributed by atoms with van der Waals surface area (Å²) >= 11 is 3.30. The van der Waals surface area contributed by atoms with Crippen molar-refractivity contribution in [2.75, 3.05) is 0 Å². The topological polar surface area (TPSA) is 0 Å². The van der Waals surface area contributed by atoms with Crippen LogP contribution in [0.1, 0.15) is 12.3 Å². The average Bonchev–Trinajstić information content (AvgIpc) is 2.67. The Bertz CT molecular complexity index is 1080. The fourth-order valence-electron chi connectivity index (χ4n) is 1.60. The van der Waals surface area contributed by atoms with Crippen LogP contribution >= 0.6 is 15.9 Å². The van der Waals surface area contributed by atoms with Gasteiger partial charge in [-0.2, -0.15) is 0 Å². The first-order chi connectivity index (χ1) is 13.1. The van der Waals surface area contributed by atoms with Gasteiger partial charge in [0.2, 0.25) is 0 Å². The molecule has 0 radical (unpaired) electrons. The number of benzene rings is 3. The van der Waals surface area contributed by atoms with E-state index in [1.807, 2.05) is 0 Å². The van der Waals surface area contributed by atoms with E-state index in [-0.39, 0.29) is 28.8 Å². The van der Waals surface area contributed by atoms with E-state index in [9.17, 15) is 0 Å². The van der Waals surface area contributed by atoms with Gasteiger partial charge in [-0.05, 0) is 40.4 Å². The van der Waals surface area contributed by atoms with E-state index < -0.39 is 42.3 Å². The minimum absolute atomic E-state index is 0.0651. The lowest BCUT2D eigenvalue weighted by atomic mass is 9.99. The SMILES string of the molecule is [2H]c1c([2H])c([2H])c(-c2c([2H])c([2H])c([2H])c(-c3ccc(Br)cc3)c2[2H])c([2H])c1[2H]. The van der Waals surface area contributed by atoms with Crippen LogP contribution in [-0.2, 0) is 0 Å². The van der Waals surface area contributed by atoms with Crippen molar-refractivity contribution in [1.29, 1.82) is 0 Å². The summed E-state index contributed by atoms with van der Waals surface area (Å²) in [5.41, 5.74) is -0.0422. The Balaban J connectivity index is 2.47. The highest BCUT2D eigenvalue weighted by atomic mass is 79.9. The molecule has 0 aromatic heterocycles. The summed E-state index contributed by atoms with van der Waals surface area (Å²) in [4.78, 5) is 0. The summed E-state index contributed by atoms with van der Waals surface area (Å²) in [6.45, 7) is 0. The number of hydrogen-bond donors (Lipinski definition) is 0. The second-order valence-electron chi connectivity index (χ2n) is 3.76. The Morgan fingerprint density at radius 1 is 0.632 bits per heavy atom. The molecule has 92 valence electrons. The summed E-state index contributed by atoms with van der Waals surface area (Å²) in [7, 11) is 0. The maximum Gasteiger partial charge on any atom is 0.0636 e. The second-order valence-corrected chi connectivity index (χ2v) is 4.67. The summed E-state index contributed by atoms with van der Waals surface area (Å²) in [6, 6.07) is 2.21. The molecule has 0 atom stereocenters. The molecule has 0 aliphatic heterocycles. The van der Waals surface area contributed by atoms with Gasteiger partial charge in [-0.25, -0.2) is 0 Å². The molecule has 3 aromatic rings. The number of rotatable bonds is 2. The molecular formula is C18H13Br. The lowest BCUT2D eigenvalue weighted by Gasteiger charge is -2.06. The third kappa shape index (κ3) is 2.77. The molecule has 0 nitrogen and oxygen atoms in total. The van der Waals surface area contributed by atoms with E-state index in [1.54, 1.807) is 24.3 Å². The fraction of sp³-hybridized carbons (Fsp3) is 0. The molecule has 0 aliphatic rings. The molecule has 0 saturated carbocycles. The van der Waals surface area contributed by atoms with Crippen molar-refractivity contribution in [3.05, 3.63) is 83.1 Å². The third-order valence-electron chi connectivity index (χ3n) is 2.51. The van der Waals surface area contributed by atoms with Gasteiger partial charge in [0.15, 0.2) is 0 Å². The van der Waals surface area contributed by atoms with Gasteiger partial charge >= 0.3 is 0 Å². The second kappa shape index (κ2) is 5.41. The molecule has 0 spiro atoms. The van der Waals surface area contributed by atoms with Crippen molar-refractivity contribution < 1.29 is 12.3 Å². The molecule has 0 bridgehead atoms. The lowest BCUT2D eigenvalue weighted by molar-refractivity contribution is 1.57. The zero-order valence-electron chi connectivity index (χ0n) is 18.7. The molecule has 3 rings (SSSR count). The van der Waals surface area contributed by atoms with Gasteiger partial charge < -0.3 is 0 Å². The molecule has 1 heteroatoms. The minimum atomic E-state index is -0.582. The van der Waals surface area contributed by atoms with Crippen LogP contribution in [0, 0.1) is 0 Å². The maximum atomic E-state index is 8.57. The molecule has 0 unspecified atom stereocenters. The first-order valence-electron chi connectivity index (χ1n) is 10.0. The monoisotopic (exact) mass is 317 g/mol. The Morgan fingerprint density at radius 3 is 1.89 bits per heavy atom. The Morgan fingerprint density at radius 2 is 1.21 bits per heavy atom. The van der Waals surface area contributed by atoms with E-state index in [0.717, 1.165) is 4.47 Å². The summed E-state index contributed by atoms with van der Waals surface area (Å²) in [5, 5.41) is 0. The largest absolute Gasteiger partial charge is 0.0636 e. The molecule has 0 aliphatic carbocycles. The smallest absolute Gasteiger partial charge is 0.0622 e. The van der Waals surface area contributed by atoms with Gasteiger partial charge in [-0.15, -0.1) is 0 Å². The van der Waals surface area contributed by atoms with E-state index in [4.69, 9.17) is 12.3 Å². The van der Waals surface area contributed by atoms with Crippen molar-refractivity contribution in [1.82, 2.24) is 0 Å². The third-order valence-corrected chi connectivity index (χ3v) is 3.04. The van der Waals surface area contributed by atoms with Gasteiger partial charge in [0.1, 0.15) is 0 Å². The van der Waals surface area contributed by atoms with Crippen LogP contribution in [0.3, 0.4) is 0 Å². The first-order valence-corrected chi connectivity index (χ1v) is 6.30. The number of halogens is 1. The minimum Gasteiger partial charge on any atom is -0.0622 e. The zero-order chi connectivity index (χ0) is 20.9. The van der Waals surface area contributed by atoms with Crippen LogP contribution < -0.4 is 0 Å². The summed E-state index contributed by atoms with van der Waals surface area (Å²) in [5.74, 6) is 0. The van der Waals surface area contributed by atoms with E-state index >= 15 is 0 Å². The van der Waals surface area contributed by atoms with Crippen LogP contribution in [0.25, 0.3) is 22.3 Å². The van der Waals surface area contributed by atoms with Crippen LogP contribution in [0.15, 0.2) is 83.1 Å².